The molecule has 0 saturated heterocycles. The van der Waals surface area contributed by atoms with E-state index < -0.39 is 18.3 Å². The van der Waals surface area contributed by atoms with E-state index in [0.29, 0.717) is 6.42 Å². The summed E-state index contributed by atoms with van der Waals surface area (Å²) in [5.41, 5.74) is 1.28. The van der Waals surface area contributed by atoms with Crippen LogP contribution in [0.5, 0.6) is 0 Å². The summed E-state index contributed by atoms with van der Waals surface area (Å²) in [7, 11) is 0. The third-order valence-corrected chi connectivity index (χ3v) is 2.90. The van der Waals surface area contributed by atoms with E-state index >= 15 is 0 Å². The van der Waals surface area contributed by atoms with E-state index in [1.807, 2.05) is 18.2 Å². The van der Waals surface area contributed by atoms with Crippen molar-refractivity contribution in [2.45, 2.75) is 32.1 Å². The molecule has 1 aromatic rings. The van der Waals surface area contributed by atoms with Gasteiger partial charge in [0, 0.05) is 6.42 Å². The molecule has 0 aliphatic rings. The summed E-state index contributed by atoms with van der Waals surface area (Å²) in [4.78, 5) is 32.4. The van der Waals surface area contributed by atoms with Crippen molar-refractivity contribution in [1.29, 1.82) is 0 Å². The average Bonchev–Trinajstić information content (AvgIpc) is 2.45. The second-order valence-electron chi connectivity index (χ2n) is 4.55. The molecule has 0 radical (unpaired) electrons. The lowest BCUT2D eigenvalue weighted by Gasteiger charge is -2.03. The largest absolute Gasteiger partial charge is 0.475 e. The van der Waals surface area contributed by atoms with Gasteiger partial charge in [-0.15, -0.1) is 0 Å². The van der Waals surface area contributed by atoms with E-state index in [4.69, 9.17) is 5.11 Å². The number of amides is 1. The molecule has 0 fully saturated rings. The van der Waals surface area contributed by atoms with Gasteiger partial charge in [-0.25, -0.2) is 4.79 Å². The Balaban J connectivity index is 2.05. The monoisotopic (exact) mass is 277 g/mol. The molecule has 5 heteroatoms. The van der Waals surface area contributed by atoms with Gasteiger partial charge in [-0.2, -0.15) is 0 Å². The van der Waals surface area contributed by atoms with Crippen LogP contribution >= 0.6 is 0 Å². The minimum absolute atomic E-state index is 0.278. The molecule has 0 atom stereocenters. The second kappa shape index (κ2) is 8.85. The number of hydrogen-bond donors (Lipinski definition) is 2. The molecule has 5 nitrogen and oxygen atoms in total. The smallest absolute Gasteiger partial charge is 0.374 e. The summed E-state index contributed by atoms with van der Waals surface area (Å²) in [6.07, 6.45) is 3.97. The number of ketones is 1. The molecule has 1 rings (SSSR count). The Labute approximate surface area is 118 Å². The predicted molar refractivity (Wildman–Crippen MR) is 74.3 cm³/mol. The number of hydrogen-bond acceptors (Lipinski definition) is 3. The van der Waals surface area contributed by atoms with Crippen LogP contribution in [-0.4, -0.2) is 29.3 Å². The van der Waals surface area contributed by atoms with E-state index in [2.05, 4.69) is 17.4 Å². The van der Waals surface area contributed by atoms with Gasteiger partial charge in [0.1, 0.15) is 0 Å². The minimum Gasteiger partial charge on any atom is -0.475 e. The Morgan fingerprint density at radius 2 is 1.70 bits per heavy atom. The number of carboxylic acids is 1. The fourth-order valence-electron chi connectivity index (χ4n) is 1.78. The maximum absolute atomic E-state index is 11.3. The maximum Gasteiger partial charge on any atom is 0.374 e. The second-order valence-corrected chi connectivity index (χ2v) is 4.55. The summed E-state index contributed by atoms with van der Waals surface area (Å²) in [5.74, 6) is -2.80. The first-order valence-electron chi connectivity index (χ1n) is 6.66. The van der Waals surface area contributed by atoms with Crippen molar-refractivity contribution < 1.29 is 19.5 Å². The van der Waals surface area contributed by atoms with Crippen LogP contribution in [0.15, 0.2) is 30.3 Å². The van der Waals surface area contributed by atoms with Crippen LogP contribution in [0, 0.1) is 0 Å². The third kappa shape index (κ3) is 6.68. The number of rotatable bonds is 9. The summed E-state index contributed by atoms with van der Waals surface area (Å²) in [5, 5.41) is 10.7. The van der Waals surface area contributed by atoms with Gasteiger partial charge < -0.3 is 10.4 Å². The van der Waals surface area contributed by atoms with Crippen molar-refractivity contribution in [3.8, 4) is 0 Å². The van der Waals surface area contributed by atoms with Gasteiger partial charge in [0.15, 0.2) is 0 Å². The van der Waals surface area contributed by atoms with Crippen LogP contribution in [0.25, 0.3) is 0 Å². The molecule has 0 aromatic heterocycles. The molecule has 1 amide bonds. The number of carbonyl (C=O) groups is 3. The quantitative estimate of drug-likeness (QED) is 0.530. The highest BCUT2D eigenvalue weighted by Crippen LogP contribution is 2.07. The standard InChI is InChI=1S/C15H19NO4/c17-13(15(19)20)11-16-14(18)10-6-2-5-9-12-7-3-1-4-8-12/h1,3-4,7-8H,2,5-6,9-11H2,(H,16,18)(H,19,20). The molecule has 2 N–H and O–H groups in total. The molecule has 0 aliphatic carbocycles. The Kier molecular flexibility index (Phi) is 7.03. The number of unbranched alkanes of at least 4 members (excludes halogenated alkanes) is 2. The molecular formula is C15H19NO4. The van der Waals surface area contributed by atoms with Crippen molar-refractivity contribution in [3.05, 3.63) is 35.9 Å². The Morgan fingerprint density at radius 3 is 2.35 bits per heavy atom. The summed E-state index contributed by atoms with van der Waals surface area (Å²) in [6, 6.07) is 10.1. The zero-order valence-corrected chi connectivity index (χ0v) is 11.3. The molecule has 0 unspecified atom stereocenters. The zero-order chi connectivity index (χ0) is 14.8. The molecular weight excluding hydrogens is 258 g/mol. The first kappa shape index (κ1) is 15.9. The minimum atomic E-state index is -1.52. The number of aryl methyl sites for hydroxylation is 1. The number of carbonyl (C=O) groups excluding carboxylic acids is 2. The van der Waals surface area contributed by atoms with Crippen LogP contribution in [0.4, 0.5) is 0 Å². The van der Waals surface area contributed by atoms with E-state index in [9.17, 15) is 14.4 Å². The number of nitrogens with one attached hydrogen (secondary N) is 1. The van der Waals surface area contributed by atoms with E-state index in [1.54, 1.807) is 0 Å². The summed E-state index contributed by atoms with van der Waals surface area (Å²) in [6.45, 7) is -0.432. The van der Waals surface area contributed by atoms with Gasteiger partial charge in [0.2, 0.25) is 5.91 Å². The number of carboxylic acid groups (broad SMARTS) is 1. The van der Waals surface area contributed by atoms with Crippen molar-refractivity contribution in [1.82, 2.24) is 5.32 Å². The van der Waals surface area contributed by atoms with Crippen molar-refractivity contribution in [2.24, 2.45) is 0 Å². The van der Waals surface area contributed by atoms with Gasteiger partial charge >= 0.3 is 5.97 Å². The predicted octanol–water partition coefficient (Wildman–Crippen LogP) is 1.56. The van der Waals surface area contributed by atoms with Gasteiger partial charge in [-0.3, -0.25) is 9.59 Å². The first-order chi connectivity index (χ1) is 9.59. The van der Waals surface area contributed by atoms with Crippen molar-refractivity contribution in [3.63, 3.8) is 0 Å². The average molecular weight is 277 g/mol. The fraction of sp³-hybridized carbons (Fsp3) is 0.400. The molecule has 1 aromatic carbocycles. The molecule has 108 valence electrons. The van der Waals surface area contributed by atoms with Crippen LogP contribution in [0.1, 0.15) is 31.2 Å². The maximum atomic E-state index is 11.3. The van der Waals surface area contributed by atoms with Gasteiger partial charge in [0.05, 0.1) is 6.54 Å². The summed E-state index contributed by atoms with van der Waals surface area (Å²) >= 11 is 0. The number of Topliss-reactive ketones (excluding diaryl/α,β-unsaturated/α-hetero) is 1. The Morgan fingerprint density at radius 1 is 1.00 bits per heavy atom. The molecule has 0 heterocycles. The topological polar surface area (TPSA) is 83.5 Å². The number of aliphatic carboxylic acids is 1. The van der Waals surface area contributed by atoms with Gasteiger partial charge in [0.25, 0.3) is 5.78 Å². The Hall–Kier alpha value is -2.17. The highest BCUT2D eigenvalue weighted by Gasteiger charge is 2.12. The SMILES string of the molecule is O=C(CCCCCc1ccccc1)NCC(=O)C(=O)O. The van der Waals surface area contributed by atoms with Crippen molar-refractivity contribution >= 4 is 17.7 Å². The van der Waals surface area contributed by atoms with Crippen molar-refractivity contribution in [2.75, 3.05) is 6.54 Å². The van der Waals surface area contributed by atoms with Crippen LogP contribution in [0.3, 0.4) is 0 Å². The molecule has 0 bridgehead atoms. The first-order valence-corrected chi connectivity index (χ1v) is 6.66. The lowest BCUT2D eigenvalue weighted by molar-refractivity contribution is -0.148. The van der Waals surface area contributed by atoms with Crippen LogP contribution in [-0.2, 0) is 20.8 Å². The third-order valence-electron chi connectivity index (χ3n) is 2.90. The van der Waals surface area contributed by atoms with Crippen LogP contribution in [0.2, 0.25) is 0 Å². The van der Waals surface area contributed by atoms with E-state index in [-0.39, 0.29) is 5.91 Å². The molecule has 0 aliphatic heterocycles. The normalized spacial score (nSPS) is 10.0. The highest BCUT2D eigenvalue weighted by molar-refractivity contribution is 6.33. The number of benzene rings is 1. The zero-order valence-electron chi connectivity index (χ0n) is 11.3. The highest BCUT2D eigenvalue weighted by atomic mass is 16.4. The molecule has 20 heavy (non-hydrogen) atoms. The van der Waals surface area contributed by atoms with E-state index in [1.165, 1.54) is 5.56 Å². The fourth-order valence-corrected chi connectivity index (χ4v) is 1.78. The lowest BCUT2D eigenvalue weighted by Crippen LogP contribution is -2.32. The van der Waals surface area contributed by atoms with Gasteiger partial charge in [-0.05, 0) is 24.8 Å². The van der Waals surface area contributed by atoms with E-state index in [0.717, 1.165) is 25.7 Å². The molecule has 0 spiro atoms. The van der Waals surface area contributed by atoms with Gasteiger partial charge in [-0.1, -0.05) is 36.8 Å². The Bertz CT molecular complexity index is 456. The van der Waals surface area contributed by atoms with Crippen LogP contribution < -0.4 is 5.32 Å². The summed E-state index contributed by atoms with van der Waals surface area (Å²) < 4.78 is 0. The molecule has 0 saturated carbocycles. The lowest BCUT2D eigenvalue weighted by atomic mass is 10.1.